The Balaban J connectivity index is 3.03. The summed E-state index contributed by atoms with van der Waals surface area (Å²) in [5.74, 6) is 0.375. The van der Waals surface area contributed by atoms with Gasteiger partial charge in [0.05, 0.1) is 21.3 Å². The second-order valence-electron chi connectivity index (χ2n) is 2.89. The molecule has 0 N–H and O–H groups in total. The number of ether oxygens (including phenoxy) is 2. The molecule has 0 aliphatic rings. The van der Waals surface area contributed by atoms with Gasteiger partial charge in [-0.25, -0.2) is 10.0 Å². The quantitative estimate of drug-likeness (QED) is 0.708. The molecule has 0 radical (unpaired) electrons. The average Bonchev–Trinajstić information content (AvgIpc) is 2.35. The highest BCUT2D eigenvalue weighted by atomic mass is 16.7. The van der Waals surface area contributed by atoms with Crippen LogP contribution in [-0.4, -0.2) is 44.3 Å². The van der Waals surface area contributed by atoms with Crippen molar-refractivity contribution >= 4 is 5.91 Å². The van der Waals surface area contributed by atoms with Crippen LogP contribution < -0.4 is 9.47 Å². The number of hydrogen-bond acceptors (Lipinski definition) is 5. The Morgan fingerprint density at radius 1 is 1.25 bits per heavy atom. The van der Waals surface area contributed by atoms with Gasteiger partial charge in [0, 0.05) is 7.05 Å². The van der Waals surface area contributed by atoms with Crippen LogP contribution in [-0.2, 0) is 4.84 Å². The lowest BCUT2D eigenvalue weighted by molar-refractivity contribution is -0.0760. The predicted octanol–water partition coefficient (Wildman–Crippen LogP) is 0.732. The summed E-state index contributed by atoms with van der Waals surface area (Å²) < 4.78 is 10.0. The lowest BCUT2D eigenvalue weighted by atomic mass is 10.3. The number of rotatable bonds is 4. The van der Waals surface area contributed by atoms with Gasteiger partial charge < -0.3 is 9.47 Å². The molecule has 0 saturated carbocycles. The summed E-state index contributed by atoms with van der Waals surface area (Å²) >= 11 is 0. The van der Waals surface area contributed by atoms with Gasteiger partial charge in [0.1, 0.15) is 5.69 Å². The molecule has 1 heterocycles. The molecule has 0 unspecified atom stereocenters. The van der Waals surface area contributed by atoms with Gasteiger partial charge in [-0.15, -0.1) is 0 Å². The van der Waals surface area contributed by atoms with Crippen LogP contribution in [0.3, 0.4) is 0 Å². The van der Waals surface area contributed by atoms with E-state index in [1.54, 1.807) is 12.1 Å². The van der Waals surface area contributed by atoms with Gasteiger partial charge in [-0.1, -0.05) is 0 Å². The predicted molar refractivity (Wildman–Crippen MR) is 56.4 cm³/mol. The standard InChI is InChI=1S/C10H14N2O4/c1-12(16-4)10(13)7-5-6-8(14-2)9(11-7)15-3/h5-6H,1-4H3. The van der Waals surface area contributed by atoms with Crippen molar-refractivity contribution in [1.82, 2.24) is 10.0 Å². The number of hydrogen-bond donors (Lipinski definition) is 0. The Labute approximate surface area is 93.7 Å². The van der Waals surface area contributed by atoms with Gasteiger partial charge in [-0.2, -0.15) is 0 Å². The average molecular weight is 226 g/mol. The molecule has 88 valence electrons. The van der Waals surface area contributed by atoms with Crippen molar-refractivity contribution in [2.24, 2.45) is 0 Å². The third kappa shape index (κ3) is 2.40. The molecular weight excluding hydrogens is 212 g/mol. The van der Waals surface area contributed by atoms with E-state index in [1.807, 2.05) is 0 Å². The zero-order chi connectivity index (χ0) is 12.1. The Morgan fingerprint density at radius 2 is 1.94 bits per heavy atom. The number of nitrogens with zero attached hydrogens (tertiary/aromatic N) is 2. The van der Waals surface area contributed by atoms with Crippen LogP contribution in [0.2, 0.25) is 0 Å². The summed E-state index contributed by atoms with van der Waals surface area (Å²) in [6, 6.07) is 3.15. The van der Waals surface area contributed by atoms with E-state index in [0.29, 0.717) is 5.75 Å². The zero-order valence-corrected chi connectivity index (χ0v) is 9.68. The van der Waals surface area contributed by atoms with E-state index in [-0.39, 0.29) is 17.5 Å². The van der Waals surface area contributed by atoms with E-state index in [1.165, 1.54) is 28.4 Å². The van der Waals surface area contributed by atoms with Crippen molar-refractivity contribution < 1.29 is 19.1 Å². The molecule has 0 spiro atoms. The fourth-order valence-corrected chi connectivity index (χ4v) is 1.09. The number of aromatic nitrogens is 1. The minimum atomic E-state index is -0.358. The molecule has 1 rings (SSSR count). The smallest absolute Gasteiger partial charge is 0.295 e. The third-order valence-corrected chi connectivity index (χ3v) is 2.02. The molecule has 0 atom stereocenters. The minimum absolute atomic E-state index is 0.224. The number of hydroxylamine groups is 2. The second kappa shape index (κ2) is 5.32. The molecule has 1 amide bonds. The van der Waals surface area contributed by atoms with Gasteiger partial charge in [0.25, 0.3) is 11.8 Å². The topological polar surface area (TPSA) is 60.9 Å². The number of carbonyl (C=O) groups excluding carboxylic acids is 1. The van der Waals surface area contributed by atoms with Gasteiger partial charge >= 0.3 is 0 Å². The molecule has 0 aliphatic carbocycles. The molecular formula is C10H14N2O4. The van der Waals surface area contributed by atoms with E-state index in [4.69, 9.17) is 14.3 Å². The first-order valence-electron chi connectivity index (χ1n) is 4.55. The Bertz CT molecular complexity index is 381. The third-order valence-electron chi connectivity index (χ3n) is 2.02. The van der Waals surface area contributed by atoms with Crippen molar-refractivity contribution in [1.29, 1.82) is 0 Å². The summed E-state index contributed by atoms with van der Waals surface area (Å²) in [4.78, 5) is 20.5. The number of amides is 1. The first kappa shape index (κ1) is 12.3. The summed E-state index contributed by atoms with van der Waals surface area (Å²) in [6.45, 7) is 0. The highest BCUT2D eigenvalue weighted by Gasteiger charge is 2.15. The van der Waals surface area contributed by atoms with E-state index >= 15 is 0 Å². The summed E-state index contributed by atoms with van der Waals surface area (Å²) in [5.41, 5.74) is 0.224. The van der Waals surface area contributed by atoms with Crippen molar-refractivity contribution in [3.63, 3.8) is 0 Å². The summed E-state index contributed by atoms with van der Waals surface area (Å²) in [7, 11) is 5.86. The minimum Gasteiger partial charge on any atom is -0.491 e. The van der Waals surface area contributed by atoms with Crippen LogP contribution >= 0.6 is 0 Å². The number of methoxy groups -OCH3 is 2. The Hall–Kier alpha value is -1.82. The second-order valence-corrected chi connectivity index (χ2v) is 2.89. The first-order valence-corrected chi connectivity index (χ1v) is 4.55. The van der Waals surface area contributed by atoms with Gasteiger partial charge in [-0.3, -0.25) is 9.63 Å². The normalized spacial score (nSPS) is 9.75. The van der Waals surface area contributed by atoms with Crippen LogP contribution in [0.1, 0.15) is 10.5 Å². The van der Waals surface area contributed by atoms with Gasteiger partial charge in [-0.05, 0) is 12.1 Å². The van der Waals surface area contributed by atoms with E-state index < -0.39 is 0 Å². The largest absolute Gasteiger partial charge is 0.491 e. The van der Waals surface area contributed by atoms with E-state index in [9.17, 15) is 4.79 Å². The van der Waals surface area contributed by atoms with Crippen LogP contribution in [0, 0.1) is 0 Å². The summed E-state index contributed by atoms with van der Waals surface area (Å²) in [6.07, 6.45) is 0. The monoisotopic (exact) mass is 226 g/mol. The van der Waals surface area contributed by atoms with Gasteiger partial charge in [0.2, 0.25) is 0 Å². The van der Waals surface area contributed by atoms with Crippen molar-refractivity contribution in [2.75, 3.05) is 28.4 Å². The first-order chi connectivity index (χ1) is 7.63. The van der Waals surface area contributed by atoms with E-state index in [0.717, 1.165) is 5.06 Å². The number of pyridine rings is 1. The lowest BCUT2D eigenvalue weighted by Gasteiger charge is -2.14. The Morgan fingerprint density at radius 3 is 2.44 bits per heavy atom. The van der Waals surface area contributed by atoms with Gasteiger partial charge in [0.15, 0.2) is 5.75 Å². The molecule has 6 heteroatoms. The molecule has 6 nitrogen and oxygen atoms in total. The SMILES string of the molecule is COc1ccc(C(=O)N(C)OC)nc1OC. The highest BCUT2D eigenvalue weighted by Crippen LogP contribution is 2.24. The number of carbonyl (C=O) groups is 1. The van der Waals surface area contributed by atoms with Crippen LogP contribution in [0.25, 0.3) is 0 Å². The zero-order valence-electron chi connectivity index (χ0n) is 9.68. The molecule has 0 fully saturated rings. The fourth-order valence-electron chi connectivity index (χ4n) is 1.09. The van der Waals surface area contributed by atoms with E-state index in [2.05, 4.69) is 4.98 Å². The summed E-state index contributed by atoms with van der Waals surface area (Å²) in [5, 5.41) is 1.08. The van der Waals surface area contributed by atoms with Crippen LogP contribution in [0.4, 0.5) is 0 Å². The molecule has 0 saturated heterocycles. The van der Waals surface area contributed by atoms with Crippen molar-refractivity contribution in [3.05, 3.63) is 17.8 Å². The molecule has 16 heavy (non-hydrogen) atoms. The highest BCUT2D eigenvalue weighted by molar-refractivity contribution is 5.91. The molecule has 0 bridgehead atoms. The molecule has 1 aromatic heterocycles. The molecule has 1 aromatic rings. The maximum absolute atomic E-state index is 11.7. The van der Waals surface area contributed by atoms with Crippen molar-refractivity contribution in [3.8, 4) is 11.6 Å². The van der Waals surface area contributed by atoms with Crippen LogP contribution in [0.5, 0.6) is 11.6 Å². The van der Waals surface area contributed by atoms with Crippen LogP contribution in [0.15, 0.2) is 12.1 Å². The molecule has 0 aliphatic heterocycles. The fraction of sp³-hybridized carbons (Fsp3) is 0.400. The Kier molecular flexibility index (Phi) is 4.07. The maximum atomic E-state index is 11.7. The lowest BCUT2D eigenvalue weighted by Crippen LogP contribution is -2.26. The van der Waals surface area contributed by atoms with Crippen molar-refractivity contribution in [2.45, 2.75) is 0 Å². The molecule has 0 aromatic carbocycles. The maximum Gasteiger partial charge on any atom is 0.295 e.